The van der Waals surface area contributed by atoms with Crippen LogP contribution in [0, 0.1) is 0 Å². The molecule has 0 aliphatic rings. The highest BCUT2D eigenvalue weighted by molar-refractivity contribution is 7.92. The van der Waals surface area contributed by atoms with Gasteiger partial charge in [-0.2, -0.15) is 0 Å². The lowest BCUT2D eigenvalue weighted by Gasteiger charge is -2.34. The molecule has 0 aliphatic heterocycles. The molecule has 2 amide bonds. The molecular weight excluding hydrogens is 574 g/mol. The van der Waals surface area contributed by atoms with Crippen molar-refractivity contribution >= 4 is 39.1 Å². The van der Waals surface area contributed by atoms with Gasteiger partial charge < -0.3 is 15.0 Å². The van der Waals surface area contributed by atoms with Gasteiger partial charge in [-0.1, -0.05) is 72.3 Å². The summed E-state index contributed by atoms with van der Waals surface area (Å²) in [5.41, 5.74) is 1.70. The standard InChI is InChI=1S/C32H40ClN3O5S/c1-32(2,3)34-31(38)28(21-24-13-8-6-9-14-24)35(23-25-15-10-7-11-16-25)30(37)17-12-20-36(42(5,39)40)26-18-19-29(41-4)27(33)22-26/h6-11,13-16,18-19,22,28H,12,17,20-21,23H2,1-5H3,(H,34,38)/t28-/m1/s1. The van der Waals surface area contributed by atoms with E-state index in [-0.39, 0.29) is 42.8 Å². The maximum atomic E-state index is 13.9. The van der Waals surface area contributed by atoms with Gasteiger partial charge in [-0.15, -0.1) is 0 Å². The maximum absolute atomic E-state index is 13.9. The normalized spacial score (nSPS) is 12.3. The molecule has 3 aromatic carbocycles. The van der Waals surface area contributed by atoms with Crippen molar-refractivity contribution in [2.75, 3.05) is 24.2 Å². The predicted octanol–water partition coefficient (Wildman–Crippen LogP) is 5.45. The van der Waals surface area contributed by atoms with Crippen molar-refractivity contribution in [2.24, 2.45) is 0 Å². The first-order chi connectivity index (χ1) is 19.8. The number of carbonyl (C=O) groups is 2. The summed E-state index contributed by atoms with van der Waals surface area (Å²) in [6, 6.07) is 23.1. The van der Waals surface area contributed by atoms with Crippen LogP contribution in [0.15, 0.2) is 78.9 Å². The van der Waals surface area contributed by atoms with Crippen LogP contribution in [-0.2, 0) is 32.6 Å². The summed E-state index contributed by atoms with van der Waals surface area (Å²) in [6.07, 6.45) is 1.72. The fourth-order valence-electron chi connectivity index (χ4n) is 4.60. The van der Waals surface area contributed by atoms with Gasteiger partial charge in [0, 0.05) is 31.5 Å². The van der Waals surface area contributed by atoms with Gasteiger partial charge in [0.05, 0.1) is 24.1 Å². The van der Waals surface area contributed by atoms with Crippen molar-refractivity contribution in [1.82, 2.24) is 10.2 Å². The van der Waals surface area contributed by atoms with E-state index in [1.165, 1.54) is 17.5 Å². The average molecular weight is 614 g/mol. The van der Waals surface area contributed by atoms with Gasteiger partial charge in [0.1, 0.15) is 11.8 Å². The Labute approximate surface area is 254 Å². The average Bonchev–Trinajstić information content (AvgIpc) is 2.92. The molecule has 42 heavy (non-hydrogen) atoms. The molecule has 3 aromatic rings. The molecule has 0 aromatic heterocycles. The molecule has 0 fully saturated rings. The van der Waals surface area contributed by atoms with Crippen molar-refractivity contribution in [2.45, 2.75) is 58.2 Å². The number of sulfonamides is 1. The number of anilines is 1. The van der Waals surface area contributed by atoms with Crippen molar-refractivity contribution in [3.8, 4) is 5.75 Å². The SMILES string of the molecule is COc1ccc(N(CCCC(=O)N(Cc2ccccc2)[C@H](Cc2ccccc2)C(=O)NC(C)(C)C)S(C)(=O)=O)cc1Cl. The molecule has 0 unspecified atom stereocenters. The minimum atomic E-state index is -3.67. The lowest BCUT2D eigenvalue weighted by atomic mass is 10.00. The van der Waals surface area contributed by atoms with Crippen molar-refractivity contribution < 1.29 is 22.7 Å². The van der Waals surface area contributed by atoms with E-state index in [2.05, 4.69) is 5.32 Å². The summed E-state index contributed by atoms with van der Waals surface area (Å²) in [6.45, 7) is 6.00. The molecule has 0 heterocycles. The highest BCUT2D eigenvalue weighted by Crippen LogP contribution is 2.30. The van der Waals surface area contributed by atoms with Crippen LogP contribution in [0.4, 0.5) is 5.69 Å². The van der Waals surface area contributed by atoms with Gasteiger partial charge in [0.25, 0.3) is 0 Å². The van der Waals surface area contributed by atoms with E-state index in [0.29, 0.717) is 17.9 Å². The van der Waals surface area contributed by atoms with Gasteiger partial charge in [-0.05, 0) is 56.5 Å². The number of amides is 2. The number of nitrogens with zero attached hydrogens (tertiary/aromatic N) is 2. The molecule has 0 saturated carbocycles. The molecule has 0 radical (unpaired) electrons. The van der Waals surface area contributed by atoms with Crippen molar-refractivity contribution in [3.63, 3.8) is 0 Å². The minimum Gasteiger partial charge on any atom is -0.495 e. The maximum Gasteiger partial charge on any atom is 0.243 e. The zero-order valence-electron chi connectivity index (χ0n) is 24.8. The highest BCUT2D eigenvalue weighted by Gasteiger charge is 2.32. The first-order valence-electron chi connectivity index (χ1n) is 13.8. The van der Waals surface area contributed by atoms with Gasteiger partial charge >= 0.3 is 0 Å². The number of ether oxygens (including phenoxy) is 1. The first kappa shape index (κ1) is 32.9. The minimum absolute atomic E-state index is 0.0385. The van der Waals surface area contributed by atoms with Crippen LogP contribution >= 0.6 is 11.6 Å². The second kappa shape index (κ2) is 14.6. The number of rotatable bonds is 13. The van der Waals surface area contributed by atoms with Crippen LogP contribution in [0.2, 0.25) is 5.02 Å². The van der Waals surface area contributed by atoms with E-state index in [0.717, 1.165) is 17.4 Å². The summed E-state index contributed by atoms with van der Waals surface area (Å²) in [5, 5.41) is 3.33. The molecule has 10 heteroatoms. The van der Waals surface area contributed by atoms with Crippen LogP contribution in [0.1, 0.15) is 44.7 Å². The quantitative estimate of drug-likeness (QED) is 0.277. The van der Waals surface area contributed by atoms with E-state index in [4.69, 9.17) is 16.3 Å². The Morgan fingerprint density at radius 3 is 2.07 bits per heavy atom. The van der Waals surface area contributed by atoms with Crippen LogP contribution in [-0.4, -0.2) is 56.6 Å². The van der Waals surface area contributed by atoms with E-state index in [9.17, 15) is 18.0 Å². The molecule has 0 aliphatic carbocycles. The van der Waals surface area contributed by atoms with Crippen molar-refractivity contribution in [3.05, 3.63) is 95.0 Å². The predicted molar refractivity (Wildman–Crippen MR) is 168 cm³/mol. The molecule has 3 rings (SSSR count). The number of methoxy groups -OCH3 is 1. The Bertz CT molecular complexity index is 1440. The fourth-order valence-corrected chi connectivity index (χ4v) is 5.81. The Balaban J connectivity index is 1.88. The van der Waals surface area contributed by atoms with Crippen molar-refractivity contribution in [1.29, 1.82) is 0 Å². The molecule has 0 saturated heterocycles. The Morgan fingerprint density at radius 1 is 0.952 bits per heavy atom. The third kappa shape index (κ3) is 9.77. The molecule has 1 atom stereocenters. The Kier molecular flexibility index (Phi) is 11.4. The monoisotopic (exact) mass is 613 g/mol. The summed E-state index contributed by atoms with van der Waals surface area (Å²) in [5.74, 6) is -0.0649. The summed E-state index contributed by atoms with van der Waals surface area (Å²) >= 11 is 6.26. The largest absolute Gasteiger partial charge is 0.495 e. The number of nitrogens with one attached hydrogen (secondary N) is 1. The highest BCUT2D eigenvalue weighted by atomic mass is 35.5. The number of carbonyl (C=O) groups excluding carboxylic acids is 2. The molecule has 1 N–H and O–H groups in total. The fraction of sp³-hybridized carbons (Fsp3) is 0.375. The number of halogens is 1. The molecular formula is C32H40ClN3O5S. The van der Waals surface area contributed by atoms with Gasteiger partial charge in [-0.3, -0.25) is 13.9 Å². The summed E-state index contributed by atoms with van der Waals surface area (Å²) in [7, 11) is -2.19. The number of hydrogen-bond acceptors (Lipinski definition) is 5. The summed E-state index contributed by atoms with van der Waals surface area (Å²) < 4.78 is 31.8. The topological polar surface area (TPSA) is 96.0 Å². The second-order valence-corrected chi connectivity index (χ2v) is 13.5. The zero-order valence-corrected chi connectivity index (χ0v) is 26.4. The van der Waals surface area contributed by atoms with Crippen LogP contribution in [0.25, 0.3) is 0 Å². The smallest absolute Gasteiger partial charge is 0.243 e. The lowest BCUT2D eigenvalue weighted by Crippen LogP contribution is -2.54. The zero-order chi connectivity index (χ0) is 30.9. The van der Waals surface area contributed by atoms with Gasteiger partial charge in [0.15, 0.2) is 0 Å². The van der Waals surface area contributed by atoms with Crippen LogP contribution in [0.3, 0.4) is 0 Å². The third-order valence-electron chi connectivity index (χ3n) is 6.54. The van der Waals surface area contributed by atoms with E-state index >= 15 is 0 Å². The van der Waals surface area contributed by atoms with Crippen LogP contribution < -0.4 is 14.4 Å². The summed E-state index contributed by atoms with van der Waals surface area (Å²) in [4.78, 5) is 29.2. The third-order valence-corrected chi connectivity index (χ3v) is 8.03. The molecule has 0 spiro atoms. The van der Waals surface area contributed by atoms with Crippen LogP contribution in [0.5, 0.6) is 5.75 Å². The first-order valence-corrected chi connectivity index (χ1v) is 16.0. The number of hydrogen-bond donors (Lipinski definition) is 1. The van der Waals surface area contributed by atoms with E-state index in [1.807, 2.05) is 81.4 Å². The lowest BCUT2D eigenvalue weighted by molar-refractivity contribution is -0.142. The molecule has 0 bridgehead atoms. The van der Waals surface area contributed by atoms with E-state index < -0.39 is 21.6 Å². The Morgan fingerprint density at radius 2 is 1.55 bits per heavy atom. The molecule has 8 nitrogen and oxygen atoms in total. The van der Waals surface area contributed by atoms with Gasteiger partial charge in [-0.25, -0.2) is 8.42 Å². The Hall–Kier alpha value is -3.56. The number of benzene rings is 3. The van der Waals surface area contributed by atoms with Gasteiger partial charge in [0.2, 0.25) is 21.8 Å². The molecule has 226 valence electrons. The second-order valence-electron chi connectivity index (χ2n) is 11.2. The van der Waals surface area contributed by atoms with E-state index in [1.54, 1.807) is 17.0 Å².